The van der Waals surface area contributed by atoms with Crippen LogP contribution in [-0.4, -0.2) is 20.0 Å². The first-order chi connectivity index (χ1) is 12.5. The maximum absolute atomic E-state index is 10.9. The Bertz CT molecular complexity index is 340. The topological polar surface area (TPSA) is 26.3 Å². The van der Waals surface area contributed by atoms with Crippen molar-refractivity contribution in [1.82, 2.24) is 0 Å². The highest BCUT2D eigenvalue weighted by atomic mass is 35.6. The van der Waals surface area contributed by atoms with E-state index in [2.05, 4.69) is 19.7 Å². The number of esters is 1. The van der Waals surface area contributed by atoms with Gasteiger partial charge in [-0.3, -0.25) is 0 Å². The predicted octanol–water partition coefficient (Wildman–Crippen LogP) is 8.01. The van der Waals surface area contributed by atoms with E-state index in [-0.39, 0.29) is 5.97 Å². The van der Waals surface area contributed by atoms with Crippen LogP contribution in [0.4, 0.5) is 0 Å². The van der Waals surface area contributed by atoms with Crippen molar-refractivity contribution in [3.05, 3.63) is 12.7 Å². The first-order valence-electron chi connectivity index (χ1n) is 10.9. The zero-order chi connectivity index (χ0) is 19.5. The normalized spacial score (nSPS) is 11.5. The fourth-order valence-electron chi connectivity index (χ4n) is 3.18. The third-order valence-corrected chi connectivity index (χ3v) is 6.94. The summed E-state index contributed by atoms with van der Waals surface area (Å²) in [6.45, 7) is 8.42. The third kappa shape index (κ3) is 21.8. The highest BCUT2D eigenvalue weighted by Crippen LogP contribution is 2.19. The lowest BCUT2D eigenvalue weighted by Gasteiger charge is -2.11. The lowest BCUT2D eigenvalue weighted by atomic mass is 10.0. The first kappa shape index (κ1) is 25.7. The minimum atomic E-state index is -1.32. The van der Waals surface area contributed by atoms with Gasteiger partial charge in [-0.2, -0.15) is 11.1 Å². The number of rotatable bonds is 19. The minimum absolute atomic E-state index is 0.304. The highest BCUT2D eigenvalue weighted by Gasteiger charge is 2.15. The molecule has 0 amide bonds. The Morgan fingerprint density at radius 1 is 0.769 bits per heavy atom. The van der Waals surface area contributed by atoms with Gasteiger partial charge < -0.3 is 4.74 Å². The Balaban J connectivity index is 3.07. The molecule has 4 heteroatoms. The molecule has 0 aromatic heterocycles. The predicted molar refractivity (Wildman–Crippen MR) is 119 cm³/mol. The van der Waals surface area contributed by atoms with E-state index in [0.29, 0.717) is 6.61 Å². The van der Waals surface area contributed by atoms with Gasteiger partial charge in [0.1, 0.15) is 7.38 Å². The van der Waals surface area contributed by atoms with Crippen LogP contribution in [0.5, 0.6) is 0 Å². The standard InChI is InChI=1S/C22H43ClO2Si/c1-4-22(24)25-20-18-16-14-12-10-8-6-5-7-9-11-13-15-17-19-21-26(2,3)23/h4H,1,5-21H2,2-3H3. The largest absolute Gasteiger partial charge is 0.463 e. The van der Waals surface area contributed by atoms with E-state index in [0.717, 1.165) is 12.8 Å². The SMILES string of the molecule is C=CC(=O)OCCCCCCCCCCCCCCCCC[Si](C)(C)Cl. The molecule has 0 aromatic carbocycles. The maximum atomic E-state index is 10.9. The molecule has 0 saturated heterocycles. The van der Waals surface area contributed by atoms with Crippen molar-refractivity contribution in [1.29, 1.82) is 0 Å². The second-order valence-electron chi connectivity index (χ2n) is 8.14. The van der Waals surface area contributed by atoms with Crippen molar-refractivity contribution >= 4 is 24.4 Å². The Hall–Kier alpha value is -0.283. The van der Waals surface area contributed by atoms with Crippen molar-refractivity contribution in [2.45, 2.75) is 115 Å². The summed E-state index contributed by atoms with van der Waals surface area (Å²) in [5, 5.41) is 0. The molecule has 0 heterocycles. The summed E-state index contributed by atoms with van der Waals surface area (Å²) in [5.74, 6) is -0.304. The van der Waals surface area contributed by atoms with Crippen molar-refractivity contribution in [2.75, 3.05) is 6.61 Å². The molecule has 154 valence electrons. The number of hydrogen-bond donors (Lipinski definition) is 0. The minimum Gasteiger partial charge on any atom is -0.463 e. The van der Waals surface area contributed by atoms with Crippen LogP contribution in [0.1, 0.15) is 96.3 Å². The van der Waals surface area contributed by atoms with Crippen LogP contribution >= 0.6 is 11.1 Å². The zero-order valence-electron chi connectivity index (χ0n) is 17.5. The molecule has 0 unspecified atom stereocenters. The van der Waals surface area contributed by atoms with E-state index < -0.39 is 7.38 Å². The summed E-state index contributed by atoms with van der Waals surface area (Å²) in [6, 6.07) is 1.28. The van der Waals surface area contributed by atoms with Crippen molar-refractivity contribution in [3.8, 4) is 0 Å². The van der Waals surface area contributed by atoms with Gasteiger partial charge in [-0.25, -0.2) is 4.79 Å². The average molecular weight is 403 g/mol. The van der Waals surface area contributed by atoms with Gasteiger partial charge >= 0.3 is 5.97 Å². The number of unbranched alkanes of at least 4 members (excludes halogenated alkanes) is 14. The summed E-state index contributed by atoms with van der Waals surface area (Å²) in [5.41, 5.74) is 0. The molecule has 0 saturated carbocycles. The van der Waals surface area contributed by atoms with E-state index >= 15 is 0 Å². The lowest BCUT2D eigenvalue weighted by Crippen LogP contribution is -2.14. The molecule has 0 radical (unpaired) electrons. The van der Waals surface area contributed by atoms with Crippen molar-refractivity contribution < 1.29 is 9.53 Å². The number of carbonyl (C=O) groups is 1. The summed E-state index contributed by atoms with van der Waals surface area (Å²) in [6.07, 6.45) is 21.2. The van der Waals surface area contributed by atoms with Crippen LogP contribution in [0.15, 0.2) is 12.7 Å². The quantitative estimate of drug-likeness (QED) is 0.0718. The van der Waals surface area contributed by atoms with Gasteiger partial charge in [0.05, 0.1) is 6.61 Å². The zero-order valence-corrected chi connectivity index (χ0v) is 19.3. The molecule has 0 N–H and O–H groups in total. The van der Waals surface area contributed by atoms with Gasteiger partial charge in [-0.1, -0.05) is 110 Å². The summed E-state index contributed by atoms with van der Waals surface area (Å²) in [4.78, 5) is 10.9. The van der Waals surface area contributed by atoms with Crippen LogP contribution in [-0.2, 0) is 9.53 Å². The molecule has 26 heavy (non-hydrogen) atoms. The first-order valence-corrected chi connectivity index (χ1v) is 15.2. The number of hydrogen-bond acceptors (Lipinski definition) is 2. The molecule has 2 nitrogen and oxygen atoms in total. The molecular weight excluding hydrogens is 360 g/mol. The van der Waals surface area contributed by atoms with Crippen LogP contribution < -0.4 is 0 Å². The van der Waals surface area contributed by atoms with E-state index in [1.54, 1.807) is 0 Å². The van der Waals surface area contributed by atoms with Crippen LogP contribution in [0.25, 0.3) is 0 Å². The Morgan fingerprint density at radius 3 is 1.46 bits per heavy atom. The second kappa shape index (κ2) is 18.1. The Labute approximate surface area is 168 Å². The van der Waals surface area contributed by atoms with Gasteiger partial charge in [0.25, 0.3) is 0 Å². The smallest absolute Gasteiger partial charge is 0.330 e. The number of halogens is 1. The number of ether oxygens (including phenoxy) is 1. The maximum Gasteiger partial charge on any atom is 0.330 e. The van der Waals surface area contributed by atoms with Gasteiger partial charge in [-0.05, 0) is 12.5 Å². The summed E-state index contributed by atoms with van der Waals surface area (Å²) < 4.78 is 4.96. The summed E-state index contributed by atoms with van der Waals surface area (Å²) >= 11 is 6.34. The van der Waals surface area contributed by atoms with E-state index in [1.807, 2.05) is 0 Å². The lowest BCUT2D eigenvalue weighted by molar-refractivity contribution is -0.137. The van der Waals surface area contributed by atoms with Gasteiger partial charge in [0.15, 0.2) is 0 Å². The molecule has 0 aromatic rings. The Kier molecular flexibility index (Phi) is 17.9. The van der Waals surface area contributed by atoms with E-state index in [1.165, 1.54) is 95.6 Å². The Morgan fingerprint density at radius 2 is 1.12 bits per heavy atom. The van der Waals surface area contributed by atoms with Gasteiger partial charge in [0.2, 0.25) is 0 Å². The molecule has 0 spiro atoms. The second-order valence-corrected chi connectivity index (χ2v) is 15.2. The van der Waals surface area contributed by atoms with E-state index in [9.17, 15) is 4.79 Å². The van der Waals surface area contributed by atoms with E-state index in [4.69, 9.17) is 15.8 Å². The fraction of sp³-hybridized carbons (Fsp3) is 0.864. The molecule has 0 bridgehead atoms. The number of carbonyl (C=O) groups excluding carboxylic acids is 1. The molecule has 0 atom stereocenters. The van der Waals surface area contributed by atoms with Crippen molar-refractivity contribution in [2.24, 2.45) is 0 Å². The molecular formula is C22H43ClO2Si. The fourth-order valence-corrected chi connectivity index (χ4v) is 4.67. The third-order valence-electron chi connectivity index (χ3n) is 4.83. The van der Waals surface area contributed by atoms with Crippen LogP contribution in [0.2, 0.25) is 19.1 Å². The molecule has 0 fully saturated rings. The van der Waals surface area contributed by atoms with Crippen molar-refractivity contribution in [3.63, 3.8) is 0 Å². The molecule has 0 aliphatic carbocycles. The molecule has 0 aliphatic rings. The molecule has 0 rings (SSSR count). The summed E-state index contributed by atoms with van der Waals surface area (Å²) in [7, 11) is -1.32. The van der Waals surface area contributed by atoms with Gasteiger partial charge in [0, 0.05) is 6.08 Å². The highest BCUT2D eigenvalue weighted by molar-refractivity contribution is 7.19. The average Bonchev–Trinajstić information content (AvgIpc) is 2.59. The monoisotopic (exact) mass is 402 g/mol. The van der Waals surface area contributed by atoms with Gasteiger partial charge in [-0.15, -0.1) is 0 Å². The van der Waals surface area contributed by atoms with Crippen LogP contribution in [0, 0.1) is 0 Å². The molecule has 0 aliphatic heterocycles. The van der Waals surface area contributed by atoms with Crippen LogP contribution in [0.3, 0.4) is 0 Å².